The number of aryl methyl sites for hydroxylation is 1. The van der Waals surface area contributed by atoms with Gasteiger partial charge in [0.15, 0.2) is 0 Å². The predicted molar refractivity (Wildman–Crippen MR) is 58.7 cm³/mol. The topological polar surface area (TPSA) is 47.3 Å². The van der Waals surface area contributed by atoms with Crippen LogP contribution in [0.1, 0.15) is 11.1 Å². The van der Waals surface area contributed by atoms with E-state index in [1.807, 2.05) is 25.1 Å². The fourth-order valence-corrected chi connectivity index (χ4v) is 1.90. The normalized spacial score (nSPS) is 15.9. The van der Waals surface area contributed by atoms with E-state index >= 15 is 0 Å². The summed E-state index contributed by atoms with van der Waals surface area (Å²) in [5.74, 6) is 0.373. The molecule has 78 valence electrons. The standard InChI is InChI=1S/C12H14N2O/c1-9-2-3-12(11(4-9)5-13)14-6-10(7-14)8-15/h2-4,10,15H,6-8H2,1H3. The molecule has 1 fully saturated rings. The lowest BCUT2D eigenvalue weighted by atomic mass is 9.98. The number of rotatable bonds is 2. The Bertz CT molecular complexity index is 403. The van der Waals surface area contributed by atoms with Crippen LogP contribution in [-0.2, 0) is 0 Å². The smallest absolute Gasteiger partial charge is 0.101 e. The molecule has 0 unspecified atom stereocenters. The Balaban J connectivity index is 2.20. The van der Waals surface area contributed by atoms with E-state index in [2.05, 4.69) is 11.0 Å². The van der Waals surface area contributed by atoms with E-state index in [0.717, 1.165) is 29.9 Å². The first-order chi connectivity index (χ1) is 7.24. The van der Waals surface area contributed by atoms with E-state index in [1.165, 1.54) is 0 Å². The highest BCUT2D eigenvalue weighted by Crippen LogP contribution is 2.28. The van der Waals surface area contributed by atoms with Gasteiger partial charge in [0.05, 0.1) is 11.3 Å². The van der Waals surface area contributed by atoms with Crippen molar-refractivity contribution in [2.75, 3.05) is 24.6 Å². The number of hydrogen-bond donors (Lipinski definition) is 1. The lowest BCUT2D eigenvalue weighted by Gasteiger charge is -2.40. The highest BCUT2D eigenvalue weighted by atomic mass is 16.3. The number of nitriles is 1. The van der Waals surface area contributed by atoms with Crippen LogP contribution >= 0.6 is 0 Å². The Morgan fingerprint density at radius 2 is 2.27 bits per heavy atom. The van der Waals surface area contributed by atoms with Crippen molar-refractivity contribution in [3.05, 3.63) is 29.3 Å². The predicted octanol–water partition coefficient (Wildman–Crippen LogP) is 1.30. The number of anilines is 1. The van der Waals surface area contributed by atoms with Crippen LogP contribution in [0.3, 0.4) is 0 Å². The summed E-state index contributed by atoms with van der Waals surface area (Å²) in [5.41, 5.74) is 2.83. The maximum absolute atomic E-state index is 9.01. The molecule has 0 amide bonds. The van der Waals surface area contributed by atoms with Gasteiger partial charge in [0, 0.05) is 25.6 Å². The second-order valence-corrected chi connectivity index (χ2v) is 4.09. The molecule has 0 aliphatic carbocycles. The largest absolute Gasteiger partial charge is 0.396 e. The molecule has 0 spiro atoms. The van der Waals surface area contributed by atoms with Crippen molar-refractivity contribution in [2.45, 2.75) is 6.92 Å². The number of hydrogen-bond acceptors (Lipinski definition) is 3. The maximum Gasteiger partial charge on any atom is 0.101 e. The Morgan fingerprint density at radius 1 is 1.53 bits per heavy atom. The van der Waals surface area contributed by atoms with Crippen molar-refractivity contribution in [3.8, 4) is 6.07 Å². The molecular weight excluding hydrogens is 188 g/mol. The molecule has 0 aromatic heterocycles. The molecule has 15 heavy (non-hydrogen) atoms. The van der Waals surface area contributed by atoms with Gasteiger partial charge in [-0.1, -0.05) is 6.07 Å². The van der Waals surface area contributed by atoms with Gasteiger partial charge in [0.1, 0.15) is 6.07 Å². The van der Waals surface area contributed by atoms with Gasteiger partial charge in [-0.25, -0.2) is 0 Å². The molecular formula is C12H14N2O. The first kappa shape index (κ1) is 10.0. The zero-order valence-electron chi connectivity index (χ0n) is 8.77. The zero-order chi connectivity index (χ0) is 10.8. The summed E-state index contributed by atoms with van der Waals surface area (Å²) in [5, 5.41) is 17.9. The molecule has 1 heterocycles. The van der Waals surface area contributed by atoms with E-state index in [-0.39, 0.29) is 6.61 Å². The van der Waals surface area contributed by atoms with E-state index in [4.69, 9.17) is 10.4 Å². The van der Waals surface area contributed by atoms with E-state index in [1.54, 1.807) is 0 Å². The minimum atomic E-state index is 0.240. The van der Waals surface area contributed by atoms with Gasteiger partial charge >= 0.3 is 0 Å². The fraction of sp³-hybridized carbons (Fsp3) is 0.417. The van der Waals surface area contributed by atoms with Crippen molar-refractivity contribution >= 4 is 5.69 Å². The van der Waals surface area contributed by atoms with Crippen molar-refractivity contribution in [1.82, 2.24) is 0 Å². The molecule has 3 nitrogen and oxygen atoms in total. The van der Waals surface area contributed by atoms with Crippen molar-refractivity contribution in [2.24, 2.45) is 5.92 Å². The molecule has 1 aromatic carbocycles. The average Bonchev–Trinajstić information content (AvgIpc) is 2.18. The van der Waals surface area contributed by atoms with Crippen LogP contribution in [0.2, 0.25) is 0 Å². The van der Waals surface area contributed by atoms with Gasteiger partial charge < -0.3 is 10.0 Å². The van der Waals surface area contributed by atoms with Gasteiger partial charge in [-0.3, -0.25) is 0 Å². The van der Waals surface area contributed by atoms with Gasteiger partial charge in [-0.05, 0) is 24.6 Å². The molecule has 0 atom stereocenters. The SMILES string of the molecule is Cc1ccc(N2CC(CO)C2)c(C#N)c1. The molecule has 1 aliphatic heterocycles. The van der Waals surface area contributed by atoms with E-state index in [9.17, 15) is 0 Å². The third-order valence-electron chi connectivity index (χ3n) is 2.83. The first-order valence-corrected chi connectivity index (χ1v) is 5.11. The molecule has 0 radical (unpaired) electrons. The van der Waals surface area contributed by atoms with Crippen molar-refractivity contribution in [3.63, 3.8) is 0 Å². The quantitative estimate of drug-likeness (QED) is 0.786. The average molecular weight is 202 g/mol. The van der Waals surface area contributed by atoms with Crippen LogP contribution in [0.4, 0.5) is 5.69 Å². The van der Waals surface area contributed by atoms with Crippen LogP contribution < -0.4 is 4.90 Å². The molecule has 0 saturated carbocycles. The summed E-state index contributed by atoms with van der Waals surface area (Å²) in [6, 6.07) is 8.12. The minimum absolute atomic E-state index is 0.240. The van der Waals surface area contributed by atoms with Crippen LogP contribution in [-0.4, -0.2) is 24.8 Å². The summed E-state index contributed by atoms with van der Waals surface area (Å²) < 4.78 is 0. The molecule has 0 bridgehead atoms. The Kier molecular flexibility index (Phi) is 2.61. The molecule has 3 heteroatoms. The van der Waals surface area contributed by atoms with Gasteiger partial charge in [-0.15, -0.1) is 0 Å². The second kappa shape index (κ2) is 3.92. The second-order valence-electron chi connectivity index (χ2n) is 4.09. The third kappa shape index (κ3) is 1.81. The molecule has 1 N–H and O–H groups in total. The Morgan fingerprint density at radius 3 is 2.87 bits per heavy atom. The summed E-state index contributed by atoms with van der Waals surface area (Å²) in [6.45, 7) is 3.93. The Labute approximate surface area is 89.6 Å². The molecule has 1 saturated heterocycles. The zero-order valence-corrected chi connectivity index (χ0v) is 8.77. The molecule has 1 aromatic rings. The summed E-state index contributed by atoms with van der Waals surface area (Å²) in [4.78, 5) is 2.14. The monoisotopic (exact) mass is 202 g/mol. The van der Waals surface area contributed by atoms with Crippen molar-refractivity contribution < 1.29 is 5.11 Å². The molecule has 2 rings (SSSR count). The van der Waals surface area contributed by atoms with E-state index < -0.39 is 0 Å². The van der Waals surface area contributed by atoms with Crippen LogP contribution in [0.15, 0.2) is 18.2 Å². The lowest BCUT2D eigenvalue weighted by molar-refractivity contribution is 0.200. The number of nitrogens with zero attached hydrogens (tertiary/aromatic N) is 2. The third-order valence-corrected chi connectivity index (χ3v) is 2.83. The van der Waals surface area contributed by atoms with Crippen LogP contribution in [0.25, 0.3) is 0 Å². The Hall–Kier alpha value is -1.53. The van der Waals surface area contributed by atoms with Crippen molar-refractivity contribution in [1.29, 1.82) is 5.26 Å². The number of aliphatic hydroxyl groups is 1. The summed E-state index contributed by atoms with van der Waals surface area (Å²) >= 11 is 0. The highest BCUT2D eigenvalue weighted by molar-refractivity contribution is 5.61. The highest BCUT2D eigenvalue weighted by Gasteiger charge is 2.27. The first-order valence-electron chi connectivity index (χ1n) is 5.11. The number of aliphatic hydroxyl groups excluding tert-OH is 1. The van der Waals surface area contributed by atoms with Gasteiger partial charge in [0.25, 0.3) is 0 Å². The van der Waals surface area contributed by atoms with Gasteiger partial charge in [-0.2, -0.15) is 5.26 Å². The summed E-state index contributed by atoms with van der Waals surface area (Å²) in [7, 11) is 0. The lowest BCUT2D eigenvalue weighted by Crippen LogP contribution is -2.48. The van der Waals surface area contributed by atoms with Crippen LogP contribution in [0.5, 0.6) is 0 Å². The van der Waals surface area contributed by atoms with Crippen LogP contribution in [0, 0.1) is 24.2 Å². The minimum Gasteiger partial charge on any atom is -0.396 e. The summed E-state index contributed by atoms with van der Waals surface area (Å²) in [6.07, 6.45) is 0. The maximum atomic E-state index is 9.01. The fourth-order valence-electron chi connectivity index (χ4n) is 1.90. The van der Waals surface area contributed by atoms with E-state index in [0.29, 0.717) is 5.92 Å². The van der Waals surface area contributed by atoms with Gasteiger partial charge in [0.2, 0.25) is 0 Å². The molecule has 1 aliphatic rings. The number of benzene rings is 1.